The number of rotatable bonds is 6. The van der Waals surface area contributed by atoms with Crippen molar-refractivity contribution in [3.63, 3.8) is 0 Å². The fourth-order valence-electron chi connectivity index (χ4n) is 2.75. The highest BCUT2D eigenvalue weighted by Gasteiger charge is 2.23. The molecule has 0 radical (unpaired) electrons. The molecule has 27 heavy (non-hydrogen) atoms. The monoisotopic (exact) mass is 358 g/mol. The number of nitrogens with one attached hydrogen (secondary N) is 2. The molecule has 4 nitrogen and oxygen atoms in total. The van der Waals surface area contributed by atoms with Crippen molar-refractivity contribution in [3.8, 4) is 0 Å². The summed E-state index contributed by atoms with van der Waals surface area (Å²) >= 11 is 0. The van der Waals surface area contributed by atoms with Gasteiger partial charge in [0.25, 0.3) is 5.91 Å². The second kappa shape index (κ2) is 8.32. The van der Waals surface area contributed by atoms with Crippen LogP contribution in [-0.4, -0.2) is 17.9 Å². The van der Waals surface area contributed by atoms with E-state index in [9.17, 15) is 9.59 Å². The maximum atomic E-state index is 13.0. The molecule has 3 aromatic rings. The predicted molar refractivity (Wildman–Crippen MR) is 108 cm³/mol. The summed E-state index contributed by atoms with van der Waals surface area (Å²) in [6.45, 7) is 3.91. The molecular weight excluding hydrogens is 336 g/mol. The molecule has 0 unspecified atom stereocenters. The van der Waals surface area contributed by atoms with Crippen molar-refractivity contribution in [1.29, 1.82) is 0 Å². The van der Waals surface area contributed by atoms with E-state index < -0.39 is 6.17 Å². The standard InChI is InChI=1S/C23H22N2O2/c1-16-12-14-19(15-13-16)23(27)25-22(21(26)18-9-4-3-5-10-18)24-20-11-7-6-8-17(20)2/h3-15,22,24H,1-2H3,(H,25,27)/t22-/m1/s1. The number of Topliss-reactive ketones (excluding diaryl/α,β-unsaturated/α-hetero) is 1. The van der Waals surface area contributed by atoms with Gasteiger partial charge < -0.3 is 10.6 Å². The zero-order chi connectivity index (χ0) is 19.2. The number of carbonyl (C=O) groups excluding carboxylic acids is 2. The number of aryl methyl sites for hydroxylation is 2. The summed E-state index contributed by atoms with van der Waals surface area (Å²) in [7, 11) is 0. The first-order valence-electron chi connectivity index (χ1n) is 8.83. The second-order valence-electron chi connectivity index (χ2n) is 6.46. The minimum absolute atomic E-state index is 0.195. The van der Waals surface area contributed by atoms with Gasteiger partial charge in [-0.2, -0.15) is 0 Å². The minimum Gasteiger partial charge on any atom is -0.359 e. The molecule has 0 fully saturated rings. The molecule has 4 heteroatoms. The Hall–Kier alpha value is -3.40. The van der Waals surface area contributed by atoms with E-state index >= 15 is 0 Å². The van der Waals surface area contributed by atoms with Gasteiger partial charge in [0.2, 0.25) is 5.78 Å². The Morgan fingerprint density at radius 1 is 0.741 bits per heavy atom. The van der Waals surface area contributed by atoms with Gasteiger partial charge in [0.05, 0.1) is 0 Å². The van der Waals surface area contributed by atoms with E-state index in [2.05, 4.69) is 10.6 Å². The van der Waals surface area contributed by atoms with Crippen molar-refractivity contribution >= 4 is 17.4 Å². The van der Waals surface area contributed by atoms with Crippen LogP contribution in [0.1, 0.15) is 31.8 Å². The topological polar surface area (TPSA) is 58.2 Å². The second-order valence-corrected chi connectivity index (χ2v) is 6.46. The fourth-order valence-corrected chi connectivity index (χ4v) is 2.75. The number of carbonyl (C=O) groups is 2. The molecule has 0 bridgehead atoms. The number of benzene rings is 3. The van der Waals surface area contributed by atoms with Crippen molar-refractivity contribution in [3.05, 3.63) is 101 Å². The number of ketones is 1. The third-order valence-corrected chi connectivity index (χ3v) is 4.35. The summed E-state index contributed by atoms with van der Waals surface area (Å²) in [6.07, 6.45) is -0.873. The average molecular weight is 358 g/mol. The van der Waals surface area contributed by atoms with Crippen LogP contribution in [0.25, 0.3) is 0 Å². The van der Waals surface area contributed by atoms with Gasteiger partial charge in [0.15, 0.2) is 6.17 Å². The van der Waals surface area contributed by atoms with Crippen LogP contribution in [-0.2, 0) is 0 Å². The van der Waals surface area contributed by atoms with Crippen LogP contribution in [0.4, 0.5) is 5.69 Å². The van der Waals surface area contributed by atoms with E-state index in [0.29, 0.717) is 11.1 Å². The van der Waals surface area contributed by atoms with Crippen LogP contribution < -0.4 is 10.6 Å². The molecule has 136 valence electrons. The first-order chi connectivity index (χ1) is 13.0. The fraction of sp³-hybridized carbons (Fsp3) is 0.130. The lowest BCUT2D eigenvalue weighted by molar-refractivity contribution is 0.0869. The SMILES string of the molecule is Cc1ccc(C(=O)N[C@@H](Nc2ccccc2C)C(=O)c2ccccc2)cc1. The molecule has 0 aliphatic carbocycles. The highest BCUT2D eigenvalue weighted by atomic mass is 16.2. The summed E-state index contributed by atoms with van der Waals surface area (Å²) in [5.41, 5.74) is 3.91. The molecule has 0 heterocycles. The van der Waals surface area contributed by atoms with Crippen molar-refractivity contribution in [2.45, 2.75) is 20.0 Å². The lowest BCUT2D eigenvalue weighted by atomic mass is 10.1. The van der Waals surface area contributed by atoms with Gasteiger partial charge >= 0.3 is 0 Å². The normalized spacial score (nSPS) is 11.5. The van der Waals surface area contributed by atoms with E-state index in [4.69, 9.17) is 0 Å². The van der Waals surface area contributed by atoms with Crippen molar-refractivity contribution in [1.82, 2.24) is 5.32 Å². The van der Waals surface area contributed by atoms with E-state index in [-0.39, 0.29) is 11.7 Å². The van der Waals surface area contributed by atoms with E-state index in [1.165, 1.54) is 0 Å². The summed E-state index contributed by atoms with van der Waals surface area (Å²) in [6, 6.07) is 23.9. The Balaban J connectivity index is 1.87. The molecule has 1 atom stereocenters. The molecule has 1 amide bonds. The first-order valence-corrected chi connectivity index (χ1v) is 8.83. The third kappa shape index (κ3) is 4.61. The molecule has 0 spiro atoms. The number of hydrogen-bond acceptors (Lipinski definition) is 3. The zero-order valence-corrected chi connectivity index (χ0v) is 15.4. The maximum Gasteiger partial charge on any atom is 0.253 e. The molecule has 3 rings (SSSR count). The van der Waals surface area contributed by atoms with Crippen LogP contribution in [0.5, 0.6) is 0 Å². The van der Waals surface area contributed by atoms with Gasteiger partial charge in [-0.3, -0.25) is 9.59 Å². The number of amides is 1. The Labute approximate surface area is 159 Å². The van der Waals surface area contributed by atoms with E-state index in [1.807, 2.05) is 56.3 Å². The molecular formula is C23H22N2O2. The lowest BCUT2D eigenvalue weighted by Gasteiger charge is -2.21. The van der Waals surface area contributed by atoms with Crippen LogP contribution in [0, 0.1) is 13.8 Å². The summed E-state index contributed by atoms with van der Waals surface area (Å²) in [5, 5.41) is 6.00. The third-order valence-electron chi connectivity index (χ3n) is 4.35. The molecule has 0 aliphatic rings. The van der Waals surface area contributed by atoms with Crippen molar-refractivity contribution < 1.29 is 9.59 Å². The van der Waals surface area contributed by atoms with E-state index in [1.54, 1.807) is 36.4 Å². The maximum absolute atomic E-state index is 13.0. The Kier molecular flexibility index (Phi) is 5.67. The molecule has 0 saturated carbocycles. The van der Waals surface area contributed by atoms with Gasteiger partial charge in [-0.15, -0.1) is 0 Å². The summed E-state index contributed by atoms with van der Waals surface area (Å²) < 4.78 is 0. The molecule has 2 N–H and O–H groups in total. The average Bonchev–Trinajstić information content (AvgIpc) is 2.69. The number of para-hydroxylation sites is 1. The number of anilines is 1. The predicted octanol–water partition coefficient (Wildman–Crippen LogP) is 4.35. The summed E-state index contributed by atoms with van der Waals surface area (Å²) in [4.78, 5) is 25.7. The van der Waals surface area contributed by atoms with Crippen molar-refractivity contribution in [2.75, 3.05) is 5.32 Å². The Morgan fingerprint density at radius 3 is 2.04 bits per heavy atom. The van der Waals surface area contributed by atoms with Gasteiger partial charge in [-0.1, -0.05) is 66.2 Å². The Morgan fingerprint density at radius 2 is 1.37 bits per heavy atom. The highest BCUT2D eigenvalue weighted by Crippen LogP contribution is 2.16. The molecule has 0 aromatic heterocycles. The van der Waals surface area contributed by atoms with Gasteiger partial charge in [0.1, 0.15) is 0 Å². The quantitative estimate of drug-likeness (QED) is 0.509. The highest BCUT2D eigenvalue weighted by molar-refractivity contribution is 6.05. The first kappa shape index (κ1) is 18.4. The molecule has 0 aliphatic heterocycles. The Bertz CT molecular complexity index is 934. The van der Waals surface area contributed by atoms with Crippen LogP contribution in [0.2, 0.25) is 0 Å². The largest absolute Gasteiger partial charge is 0.359 e. The lowest BCUT2D eigenvalue weighted by Crippen LogP contribution is -2.46. The zero-order valence-electron chi connectivity index (χ0n) is 15.4. The number of hydrogen-bond donors (Lipinski definition) is 2. The molecule has 0 saturated heterocycles. The van der Waals surface area contributed by atoms with Gasteiger partial charge in [-0.05, 0) is 37.6 Å². The van der Waals surface area contributed by atoms with Crippen LogP contribution in [0.15, 0.2) is 78.9 Å². The van der Waals surface area contributed by atoms with Crippen LogP contribution in [0.3, 0.4) is 0 Å². The summed E-state index contributed by atoms with van der Waals surface area (Å²) in [5.74, 6) is -0.496. The smallest absolute Gasteiger partial charge is 0.253 e. The molecule has 3 aromatic carbocycles. The van der Waals surface area contributed by atoms with Gasteiger partial charge in [0, 0.05) is 16.8 Å². The van der Waals surface area contributed by atoms with Crippen LogP contribution >= 0.6 is 0 Å². The van der Waals surface area contributed by atoms with Crippen molar-refractivity contribution in [2.24, 2.45) is 0 Å². The van der Waals surface area contributed by atoms with Gasteiger partial charge in [-0.25, -0.2) is 0 Å². The minimum atomic E-state index is -0.873. The van der Waals surface area contributed by atoms with E-state index in [0.717, 1.165) is 16.8 Å².